The SMILES string of the molecule is COc1ccccc1N1CCN([C@@H]2[C@@H]3OC[C@H](O3)[C@@H](N(CC3CC3)CC3CC3)[C@@H]2O)CC1. The Balaban J connectivity index is 1.16. The summed E-state index contributed by atoms with van der Waals surface area (Å²) in [4.78, 5) is 7.36. The van der Waals surface area contributed by atoms with Gasteiger partial charge in [-0.05, 0) is 49.7 Å². The molecule has 176 valence electrons. The summed E-state index contributed by atoms with van der Waals surface area (Å²) >= 11 is 0. The number of anilines is 1. The van der Waals surface area contributed by atoms with Gasteiger partial charge in [-0.1, -0.05) is 12.1 Å². The van der Waals surface area contributed by atoms with Gasteiger partial charge in [0.2, 0.25) is 0 Å². The first kappa shape index (κ1) is 21.2. The first-order valence-corrected chi connectivity index (χ1v) is 12.5. The van der Waals surface area contributed by atoms with Crippen LogP contribution in [0, 0.1) is 11.8 Å². The fraction of sp³-hybridized carbons (Fsp3) is 0.760. The lowest BCUT2D eigenvalue weighted by atomic mass is 9.92. The van der Waals surface area contributed by atoms with Crippen LogP contribution in [0.2, 0.25) is 0 Å². The summed E-state index contributed by atoms with van der Waals surface area (Å²) < 4.78 is 18.1. The highest BCUT2D eigenvalue weighted by Gasteiger charge is 2.54. The molecule has 2 bridgehead atoms. The zero-order valence-electron chi connectivity index (χ0n) is 19.1. The molecule has 5 fully saturated rings. The highest BCUT2D eigenvalue weighted by atomic mass is 16.7. The molecule has 0 spiro atoms. The number of fused-ring (bicyclic) bond motifs is 2. The minimum absolute atomic E-state index is 0.00128. The van der Waals surface area contributed by atoms with Crippen molar-refractivity contribution in [3.05, 3.63) is 24.3 Å². The Morgan fingerprint density at radius 1 is 1.03 bits per heavy atom. The van der Waals surface area contributed by atoms with Crippen LogP contribution in [0.4, 0.5) is 5.69 Å². The summed E-state index contributed by atoms with van der Waals surface area (Å²) in [5, 5.41) is 11.7. The molecule has 6 rings (SSSR count). The molecule has 0 amide bonds. The Bertz CT molecular complexity index is 779. The molecular formula is C25H37N3O4. The molecule has 0 radical (unpaired) electrons. The van der Waals surface area contributed by atoms with Crippen molar-refractivity contribution in [3.8, 4) is 5.75 Å². The summed E-state index contributed by atoms with van der Waals surface area (Å²) in [6.45, 7) is 6.39. The first-order chi connectivity index (χ1) is 15.7. The van der Waals surface area contributed by atoms with Gasteiger partial charge < -0.3 is 24.2 Å². The second kappa shape index (κ2) is 8.76. The molecular weight excluding hydrogens is 406 g/mol. The van der Waals surface area contributed by atoms with Crippen molar-refractivity contribution in [3.63, 3.8) is 0 Å². The number of hydrogen-bond acceptors (Lipinski definition) is 7. The number of piperazine rings is 1. The van der Waals surface area contributed by atoms with Crippen LogP contribution >= 0.6 is 0 Å². The van der Waals surface area contributed by atoms with E-state index in [2.05, 4.69) is 26.8 Å². The van der Waals surface area contributed by atoms with E-state index in [1.54, 1.807) is 7.11 Å². The Hall–Kier alpha value is -1.38. The predicted octanol–water partition coefficient (Wildman–Crippen LogP) is 1.79. The minimum atomic E-state index is -0.434. The van der Waals surface area contributed by atoms with E-state index in [4.69, 9.17) is 14.2 Å². The van der Waals surface area contributed by atoms with E-state index >= 15 is 0 Å². The zero-order valence-corrected chi connectivity index (χ0v) is 19.1. The van der Waals surface area contributed by atoms with Gasteiger partial charge in [0.15, 0.2) is 6.29 Å². The summed E-state index contributed by atoms with van der Waals surface area (Å²) in [7, 11) is 1.73. The van der Waals surface area contributed by atoms with Gasteiger partial charge in [-0.15, -0.1) is 0 Å². The van der Waals surface area contributed by atoms with Gasteiger partial charge in [0.25, 0.3) is 0 Å². The number of benzene rings is 1. The lowest BCUT2D eigenvalue weighted by molar-refractivity contribution is -0.199. The monoisotopic (exact) mass is 443 g/mol. The highest BCUT2D eigenvalue weighted by molar-refractivity contribution is 5.58. The van der Waals surface area contributed by atoms with Gasteiger partial charge >= 0.3 is 0 Å². The number of nitrogens with zero attached hydrogens (tertiary/aromatic N) is 3. The quantitative estimate of drug-likeness (QED) is 0.657. The third-order valence-corrected chi connectivity index (χ3v) is 8.06. The summed E-state index contributed by atoms with van der Waals surface area (Å²) in [6, 6.07) is 8.17. The second-order valence-electron chi connectivity index (χ2n) is 10.4. The van der Waals surface area contributed by atoms with Crippen LogP contribution in [0.15, 0.2) is 24.3 Å². The molecule has 3 saturated heterocycles. The van der Waals surface area contributed by atoms with Crippen LogP contribution in [0.25, 0.3) is 0 Å². The minimum Gasteiger partial charge on any atom is -0.495 e. The summed E-state index contributed by atoms with van der Waals surface area (Å²) in [5.74, 6) is 2.53. The molecule has 1 aromatic rings. The van der Waals surface area contributed by atoms with Gasteiger partial charge in [-0.2, -0.15) is 0 Å². The van der Waals surface area contributed by atoms with Crippen LogP contribution < -0.4 is 9.64 Å². The molecule has 5 aliphatic rings. The van der Waals surface area contributed by atoms with E-state index in [1.165, 1.54) is 25.7 Å². The standard InChI is InChI=1S/C25H37N3O4/c1-30-20-5-3-2-4-19(20)26-10-12-27(13-11-26)23-24(29)22(21-16-31-25(23)32-21)28(14-17-6-7-17)15-18-8-9-18/h2-5,17-18,21-25,29H,6-16H2,1H3/t21-,22+,23-,24-,25+/m0/s1. The lowest BCUT2D eigenvalue weighted by Crippen LogP contribution is -2.67. The molecule has 3 heterocycles. The van der Waals surface area contributed by atoms with E-state index in [1.807, 2.05) is 12.1 Å². The van der Waals surface area contributed by atoms with Gasteiger partial charge in [-0.3, -0.25) is 9.80 Å². The van der Waals surface area contributed by atoms with Crippen LogP contribution in [0.1, 0.15) is 25.7 Å². The second-order valence-corrected chi connectivity index (χ2v) is 10.4. The molecule has 2 aliphatic carbocycles. The van der Waals surface area contributed by atoms with E-state index in [0.29, 0.717) is 6.61 Å². The number of aliphatic hydroxyl groups is 1. The maximum atomic E-state index is 11.7. The maximum Gasteiger partial charge on any atom is 0.176 e. The van der Waals surface area contributed by atoms with E-state index in [9.17, 15) is 5.11 Å². The number of aliphatic hydroxyl groups excluding tert-OH is 1. The molecule has 7 heteroatoms. The van der Waals surface area contributed by atoms with Crippen molar-refractivity contribution in [2.75, 3.05) is 57.9 Å². The number of rotatable bonds is 8. The molecule has 0 unspecified atom stereocenters. The molecule has 5 atom stereocenters. The third-order valence-electron chi connectivity index (χ3n) is 8.06. The Morgan fingerprint density at radius 3 is 2.38 bits per heavy atom. The highest BCUT2D eigenvalue weighted by Crippen LogP contribution is 2.40. The summed E-state index contributed by atoms with van der Waals surface area (Å²) in [6.07, 6.45) is 4.60. The maximum absolute atomic E-state index is 11.7. The van der Waals surface area contributed by atoms with Crippen molar-refractivity contribution < 1.29 is 19.3 Å². The van der Waals surface area contributed by atoms with Crippen molar-refractivity contribution in [1.82, 2.24) is 9.80 Å². The molecule has 3 aliphatic heterocycles. The van der Waals surface area contributed by atoms with Gasteiger partial charge in [0.05, 0.1) is 37.6 Å². The fourth-order valence-corrected chi connectivity index (χ4v) is 5.95. The number of hydrogen-bond donors (Lipinski definition) is 1. The lowest BCUT2D eigenvalue weighted by Gasteiger charge is -2.49. The average Bonchev–Trinajstić information content (AvgIpc) is 3.75. The molecule has 7 nitrogen and oxygen atoms in total. The first-order valence-electron chi connectivity index (χ1n) is 12.5. The van der Waals surface area contributed by atoms with E-state index < -0.39 is 6.10 Å². The topological polar surface area (TPSA) is 57.6 Å². The normalized spacial score (nSPS) is 35.5. The van der Waals surface area contributed by atoms with E-state index in [0.717, 1.165) is 62.5 Å². The van der Waals surface area contributed by atoms with Crippen molar-refractivity contribution >= 4 is 5.69 Å². The Morgan fingerprint density at radius 2 is 1.72 bits per heavy atom. The molecule has 32 heavy (non-hydrogen) atoms. The van der Waals surface area contributed by atoms with E-state index in [-0.39, 0.29) is 24.5 Å². The smallest absolute Gasteiger partial charge is 0.176 e. The number of para-hydroxylation sites is 2. The third kappa shape index (κ3) is 4.14. The van der Waals surface area contributed by atoms with Crippen LogP contribution in [0.5, 0.6) is 5.75 Å². The molecule has 0 aromatic heterocycles. The van der Waals surface area contributed by atoms with Crippen molar-refractivity contribution in [2.45, 2.75) is 56.3 Å². The largest absolute Gasteiger partial charge is 0.495 e. The van der Waals surface area contributed by atoms with Crippen LogP contribution in [-0.2, 0) is 9.47 Å². The summed E-state index contributed by atoms with van der Waals surface area (Å²) in [5.41, 5.74) is 1.14. The Labute approximate surface area is 191 Å². The molecule has 1 aromatic carbocycles. The van der Waals surface area contributed by atoms with Crippen LogP contribution in [-0.4, -0.2) is 98.5 Å². The van der Waals surface area contributed by atoms with Crippen molar-refractivity contribution in [1.29, 1.82) is 0 Å². The average molecular weight is 444 g/mol. The van der Waals surface area contributed by atoms with Gasteiger partial charge in [0.1, 0.15) is 11.9 Å². The molecule has 2 saturated carbocycles. The van der Waals surface area contributed by atoms with Gasteiger partial charge in [-0.25, -0.2) is 0 Å². The van der Waals surface area contributed by atoms with Crippen LogP contribution in [0.3, 0.4) is 0 Å². The number of ether oxygens (including phenoxy) is 3. The fourth-order valence-electron chi connectivity index (χ4n) is 5.95. The number of methoxy groups -OCH3 is 1. The predicted molar refractivity (Wildman–Crippen MR) is 122 cm³/mol. The van der Waals surface area contributed by atoms with Crippen molar-refractivity contribution in [2.24, 2.45) is 11.8 Å². The zero-order chi connectivity index (χ0) is 21.7. The molecule has 1 N–H and O–H groups in total. The van der Waals surface area contributed by atoms with Gasteiger partial charge in [0, 0.05) is 39.3 Å². The Kier molecular flexibility index (Phi) is 5.80.